The van der Waals surface area contributed by atoms with Gasteiger partial charge in [0.25, 0.3) is 0 Å². The highest BCUT2D eigenvalue weighted by Crippen LogP contribution is 2.32. The number of unbranched alkanes of at least 4 members (excludes halogenated alkanes) is 17. The van der Waals surface area contributed by atoms with Crippen molar-refractivity contribution >= 4 is 11.8 Å². The molecule has 0 unspecified atom stereocenters. The van der Waals surface area contributed by atoms with Crippen molar-refractivity contribution in [3.63, 3.8) is 0 Å². The van der Waals surface area contributed by atoms with Crippen molar-refractivity contribution in [3.05, 3.63) is 0 Å². The van der Waals surface area contributed by atoms with E-state index in [0.29, 0.717) is 13.0 Å². The molecule has 9 nitrogen and oxygen atoms in total. The van der Waals surface area contributed by atoms with Crippen molar-refractivity contribution in [2.24, 2.45) is 5.73 Å². The Morgan fingerprint density at radius 2 is 1.29 bits per heavy atom. The van der Waals surface area contributed by atoms with Gasteiger partial charge in [-0.05, 0) is 19.8 Å². The van der Waals surface area contributed by atoms with Crippen LogP contribution in [0.5, 0.6) is 0 Å². The van der Waals surface area contributed by atoms with Crippen molar-refractivity contribution in [1.29, 1.82) is 0 Å². The van der Waals surface area contributed by atoms with Gasteiger partial charge in [0.2, 0.25) is 17.7 Å². The molecule has 0 aliphatic carbocycles. The van der Waals surface area contributed by atoms with Gasteiger partial charge in [0, 0.05) is 19.4 Å². The van der Waals surface area contributed by atoms with Crippen LogP contribution in [0.3, 0.4) is 0 Å². The van der Waals surface area contributed by atoms with Gasteiger partial charge in [0.05, 0.1) is 18.8 Å². The van der Waals surface area contributed by atoms with Gasteiger partial charge in [-0.25, -0.2) is 0 Å². The monoisotopic (exact) mass is 599 g/mol. The highest BCUT2D eigenvalue weighted by Gasteiger charge is 2.52. The Bertz CT molecular complexity index is 709. The van der Waals surface area contributed by atoms with Crippen molar-refractivity contribution in [2.75, 3.05) is 13.2 Å². The van der Waals surface area contributed by atoms with Crippen molar-refractivity contribution in [2.45, 2.75) is 186 Å². The Kier molecular flexibility index (Phi) is 21.4. The number of amides is 2. The van der Waals surface area contributed by atoms with Crippen molar-refractivity contribution < 1.29 is 29.6 Å². The van der Waals surface area contributed by atoms with Crippen LogP contribution in [0.15, 0.2) is 0 Å². The molecule has 1 aliphatic rings. The van der Waals surface area contributed by atoms with Gasteiger partial charge in [-0.3, -0.25) is 14.5 Å². The number of rotatable bonds is 25. The highest BCUT2D eigenvalue weighted by molar-refractivity contribution is 5.83. The van der Waals surface area contributed by atoms with Crippen LogP contribution in [0.25, 0.3) is 0 Å². The van der Waals surface area contributed by atoms with E-state index in [2.05, 4.69) is 19.2 Å². The molecule has 0 aromatic heterocycles. The fourth-order valence-electron chi connectivity index (χ4n) is 5.78. The number of carbonyl (C=O) groups excluding carboxylic acids is 2. The van der Waals surface area contributed by atoms with Crippen molar-refractivity contribution in [1.82, 2.24) is 10.2 Å². The Balaban J connectivity index is 2.86. The molecule has 1 aliphatic heterocycles. The third kappa shape index (κ3) is 15.0. The SMILES string of the molecule is CCCCCCCCCCCCN(C(=O)CCCCCCCCCCC)[C@@]1(NC(=O)[C@@H](C)N)C[C@@H](O)[C@H](O)[C@@H](CO)O1. The lowest BCUT2D eigenvalue weighted by molar-refractivity contribution is -0.280. The minimum absolute atomic E-state index is 0.167. The number of aliphatic hydroxyl groups is 3. The maximum Gasteiger partial charge on any atom is 0.240 e. The van der Waals surface area contributed by atoms with Gasteiger partial charge in [-0.15, -0.1) is 0 Å². The van der Waals surface area contributed by atoms with Crippen LogP contribution in [0.2, 0.25) is 0 Å². The first kappa shape index (κ1) is 38.8. The summed E-state index contributed by atoms with van der Waals surface area (Å²) in [5, 5.41) is 33.8. The molecule has 42 heavy (non-hydrogen) atoms. The topological polar surface area (TPSA) is 145 Å². The fourth-order valence-corrected chi connectivity index (χ4v) is 5.78. The van der Waals surface area contributed by atoms with Crippen LogP contribution in [0, 0.1) is 0 Å². The molecule has 0 saturated carbocycles. The summed E-state index contributed by atoms with van der Waals surface area (Å²) in [5.41, 5.74) is 5.86. The number of hydrogen-bond acceptors (Lipinski definition) is 7. The van der Waals surface area contributed by atoms with Gasteiger partial charge in [0.15, 0.2) is 0 Å². The Hall–Kier alpha value is -1.26. The van der Waals surface area contributed by atoms with Crippen LogP contribution in [-0.2, 0) is 14.3 Å². The summed E-state index contributed by atoms with van der Waals surface area (Å²) in [4.78, 5) is 28.1. The molecule has 5 atom stereocenters. The Morgan fingerprint density at radius 3 is 1.74 bits per heavy atom. The van der Waals surface area contributed by atoms with Crippen LogP contribution in [0.1, 0.15) is 156 Å². The predicted molar refractivity (Wildman–Crippen MR) is 169 cm³/mol. The lowest BCUT2D eigenvalue weighted by atomic mass is 9.96. The highest BCUT2D eigenvalue weighted by atomic mass is 16.6. The second-order valence-corrected chi connectivity index (χ2v) is 12.5. The molecular weight excluding hydrogens is 534 g/mol. The zero-order chi connectivity index (χ0) is 31.2. The van der Waals surface area contributed by atoms with E-state index in [-0.39, 0.29) is 12.3 Å². The third-order valence-corrected chi connectivity index (χ3v) is 8.49. The average molecular weight is 600 g/mol. The van der Waals surface area contributed by atoms with Crippen LogP contribution >= 0.6 is 0 Å². The molecule has 0 bridgehead atoms. The molecule has 1 saturated heterocycles. The number of nitrogens with two attached hydrogens (primary N) is 1. The summed E-state index contributed by atoms with van der Waals surface area (Å²) in [6.07, 6.45) is 18.0. The lowest BCUT2D eigenvalue weighted by Crippen LogP contribution is -2.72. The summed E-state index contributed by atoms with van der Waals surface area (Å²) in [6.45, 7) is 5.76. The number of hydrogen-bond donors (Lipinski definition) is 5. The summed E-state index contributed by atoms with van der Waals surface area (Å²) in [5.74, 6) is -2.38. The van der Waals surface area contributed by atoms with E-state index in [4.69, 9.17) is 10.5 Å². The largest absolute Gasteiger partial charge is 0.394 e. The number of ether oxygens (including phenoxy) is 1. The fraction of sp³-hybridized carbons (Fsp3) is 0.939. The van der Waals surface area contributed by atoms with Gasteiger partial charge in [-0.1, -0.05) is 123 Å². The number of carbonyl (C=O) groups is 2. The number of nitrogens with one attached hydrogen (secondary N) is 1. The van der Waals surface area contributed by atoms with Crippen LogP contribution < -0.4 is 11.1 Å². The van der Waals surface area contributed by atoms with Gasteiger partial charge in [0.1, 0.15) is 12.2 Å². The average Bonchev–Trinajstić information content (AvgIpc) is 2.96. The van der Waals surface area contributed by atoms with Gasteiger partial charge >= 0.3 is 0 Å². The normalized spacial score (nSPS) is 23.1. The minimum Gasteiger partial charge on any atom is -0.394 e. The molecule has 0 spiro atoms. The first-order valence-corrected chi connectivity index (χ1v) is 17.2. The zero-order valence-corrected chi connectivity index (χ0v) is 27.2. The third-order valence-electron chi connectivity index (χ3n) is 8.49. The zero-order valence-electron chi connectivity index (χ0n) is 27.2. The van der Waals surface area contributed by atoms with Gasteiger partial charge < -0.3 is 31.1 Å². The molecule has 1 rings (SSSR count). The molecule has 1 fully saturated rings. The Labute approximate surface area is 256 Å². The molecule has 0 aromatic rings. The maximum absolute atomic E-state index is 13.7. The lowest BCUT2D eigenvalue weighted by Gasteiger charge is -2.51. The van der Waals surface area contributed by atoms with Crippen LogP contribution in [0.4, 0.5) is 0 Å². The predicted octanol–water partition coefficient (Wildman–Crippen LogP) is 5.28. The molecule has 0 radical (unpaired) electrons. The Morgan fingerprint density at radius 1 is 0.833 bits per heavy atom. The van der Waals surface area contributed by atoms with E-state index in [9.17, 15) is 24.9 Å². The maximum atomic E-state index is 13.7. The molecule has 248 valence electrons. The minimum atomic E-state index is -1.69. The van der Waals surface area contributed by atoms with E-state index in [1.54, 1.807) is 0 Å². The molecule has 6 N–H and O–H groups in total. The summed E-state index contributed by atoms with van der Waals surface area (Å²) < 4.78 is 6.10. The summed E-state index contributed by atoms with van der Waals surface area (Å²) in [6, 6.07) is -0.867. The van der Waals surface area contributed by atoms with Crippen molar-refractivity contribution in [3.8, 4) is 0 Å². The number of nitrogens with zero attached hydrogens (tertiary/aromatic N) is 1. The first-order valence-electron chi connectivity index (χ1n) is 17.2. The molecule has 9 heteroatoms. The smallest absolute Gasteiger partial charge is 0.240 e. The van der Waals surface area contributed by atoms with E-state index in [1.807, 2.05) is 0 Å². The standard InChI is InChI=1S/C33H65N3O6/c1-4-6-8-10-12-14-16-18-20-22-24-36(30(39)23-21-19-17-15-13-11-9-7-5-2)33(35-32(41)27(3)34)25-28(38)31(40)29(26-37)42-33/h27-29,31,37-38,40H,4-26,34H2,1-3H3,(H,35,41)/t27-,28-,29-,31+,33+/m1/s1. The summed E-state index contributed by atoms with van der Waals surface area (Å²) >= 11 is 0. The van der Waals surface area contributed by atoms with Crippen LogP contribution in [-0.4, -0.2) is 75.4 Å². The number of aliphatic hydroxyl groups excluding tert-OH is 3. The van der Waals surface area contributed by atoms with E-state index in [1.165, 1.54) is 88.9 Å². The molecule has 1 heterocycles. The van der Waals surface area contributed by atoms with Gasteiger partial charge in [-0.2, -0.15) is 0 Å². The second-order valence-electron chi connectivity index (χ2n) is 12.5. The van der Waals surface area contributed by atoms with E-state index >= 15 is 0 Å². The molecular formula is C33H65N3O6. The molecule has 0 aromatic carbocycles. The van der Waals surface area contributed by atoms with E-state index < -0.39 is 42.7 Å². The molecule has 2 amide bonds. The second kappa shape index (κ2) is 23.2. The first-order chi connectivity index (χ1) is 20.2. The quantitative estimate of drug-likeness (QED) is 0.0709. The van der Waals surface area contributed by atoms with E-state index in [0.717, 1.165) is 44.9 Å². The summed E-state index contributed by atoms with van der Waals surface area (Å²) in [7, 11) is 0.